The number of aromatic nitrogens is 2. The first kappa shape index (κ1) is 15.1. The van der Waals surface area contributed by atoms with E-state index in [4.69, 9.17) is 0 Å². The number of nitrogens with one attached hydrogen (secondary N) is 2. The van der Waals surface area contributed by atoms with Crippen LogP contribution in [0, 0.1) is 6.92 Å². The molecular formula is C16H22N4O. The van der Waals surface area contributed by atoms with Crippen LogP contribution in [-0.2, 0) is 6.54 Å². The Labute approximate surface area is 125 Å². The van der Waals surface area contributed by atoms with E-state index in [2.05, 4.69) is 15.3 Å². The quantitative estimate of drug-likeness (QED) is 0.858. The number of hydrogen-bond donors (Lipinski definition) is 2. The van der Waals surface area contributed by atoms with Gasteiger partial charge in [-0.2, -0.15) is 0 Å². The average molecular weight is 286 g/mol. The molecule has 112 valence electrons. The van der Waals surface area contributed by atoms with E-state index >= 15 is 0 Å². The molecule has 0 unspecified atom stereocenters. The Hall–Kier alpha value is -2.30. The van der Waals surface area contributed by atoms with Crippen molar-refractivity contribution in [3.63, 3.8) is 0 Å². The van der Waals surface area contributed by atoms with Crippen molar-refractivity contribution in [2.24, 2.45) is 0 Å². The summed E-state index contributed by atoms with van der Waals surface area (Å²) in [5.41, 5.74) is 3.67. The maximum Gasteiger partial charge on any atom is 0.253 e. The summed E-state index contributed by atoms with van der Waals surface area (Å²) in [6, 6.07) is 7.60. The highest BCUT2D eigenvalue weighted by atomic mass is 16.2. The first-order chi connectivity index (χ1) is 10.2. The fourth-order valence-corrected chi connectivity index (χ4v) is 2.21. The Kier molecular flexibility index (Phi) is 4.98. The molecule has 2 rings (SSSR count). The van der Waals surface area contributed by atoms with Crippen molar-refractivity contribution in [3.8, 4) is 0 Å². The van der Waals surface area contributed by atoms with Crippen LogP contribution < -0.4 is 5.32 Å². The van der Waals surface area contributed by atoms with Gasteiger partial charge in [0.25, 0.3) is 5.91 Å². The predicted molar refractivity (Wildman–Crippen MR) is 84.3 cm³/mol. The zero-order valence-electron chi connectivity index (χ0n) is 12.8. The van der Waals surface area contributed by atoms with E-state index in [-0.39, 0.29) is 5.91 Å². The van der Waals surface area contributed by atoms with Gasteiger partial charge in [-0.05, 0) is 39.0 Å². The van der Waals surface area contributed by atoms with Crippen molar-refractivity contribution in [2.45, 2.75) is 27.3 Å². The minimum absolute atomic E-state index is 0.0691. The van der Waals surface area contributed by atoms with Crippen molar-refractivity contribution in [1.29, 1.82) is 0 Å². The number of nitrogens with zero attached hydrogens (tertiary/aromatic N) is 2. The van der Waals surface area contributed by atoms with E-state index in [1.54, 1.807) is 6.33 Å². The Morgan fingerprint density at radius 3 is 2.71 bits per heavy atom. The van der Waals surface area contributed by atoms with Crippen molar-refractivity contribution in [3.05, 3.63) is 47.5 Å². The molecule has 21 heavy (non-hydrogen) atoms. The van der Waals surface area contributed by atoms with Crippen LogP contribution in [0.1, 0.15) is 35.6 Å². The molecule has 1 aromatic carbocycles. The molecule has 2 N–H and O–H groups in total. The summed E-state index contributed by atoms with van der Waals surface area (Å²) in [7, 11) is 0. The molecule has 0 fully saturated rings. The number of amides is 1. The molecule has 0 spiro atoms. The molecule has 5 heteroatoms. The van der Waals surface area contributed by atoms with E-state index in [0.717, 1.165) is 30.2 Å². The van der Waals surface area contributed by atoms with Gasteiger partial charge in [0, 0.05) is 30.0 Å². The van der Waals surface area contributed by atoms with Crippen molar-refractivity contribution < 1.29 is 4.79 Å². The highest BCUT2D eigenvalue weighted by Gasteiger charge is 2.12. The van der Waals surface area contributed by atoms with E-state index in [0.29, 0.717) is 12.1 Å². The number of aryl methyl sites for hydroxylation is 1. The van der Waals surface area contributed by atoms with E-state index in [1.807, 2.05) is 49.9 Å². The second-order valence-corrected chi connectivity index (χ2v) is 4.89. The molecule has 0 aliphatic carbocycles. The lowest BCUT2D eigenvalue weighted by Gasteiger charge is -2.19. The van der Waals surface area contributed by atoms with Crippen LogP contribution in [0.15, 0.2) is 30.6 Å². The molecule has 0 bridgehead atoms. The van der Waals surface area contributed by atoms with Crippen LogP contribution in [0.2, 0.25) is 0 Å². The fraction of sp³-hybridized carbons (Fsp3) is 0.375. The summed E-state index contributed by atoms with van der Waals surface area (Å²) >= 11 is 0. The number of carbonyl (C=O) groups is 1. The molecule has 0 aliphatic heterocycles. The summed E-state index contributed by atoms with van der Waals surface area (Å²) in [5, 5.41) is 3.30. The normalized spacial score (nSPS) is 10.4. The predicted octanol–water partition coefficient (Wildman–Crippen LogP) is 2.81. The lowest BCUT2D eigenvalue weighted by Crippen LogP contribution is -2.30. The molecule has 0 aliphatic rings. The van der Waals surface area contributed by atoms with Crippen LogP contribution >= 0.6 is 0 Å². The molecule has 0 radical (unpaired) electrons. The van der Waals surface area contributed by atoms with Crippen LogP contribution in [0.25, 0.3) is 0 Å². The number of anilines is 1. The Morgan fingerprint density at radius 1 is 1.33 bits per heavy atom. The van der Waals surface area contributed by atoms with Gasteiger partial charge in [-0.1, -0.05) is 6.07 Å². The van der Waals surface area contributed by atoms with Gasteiger partial charge in [0.2, 0.25) is 0 Å². The number of rotatable bonds is 6. The van der Waals surface area contributed by atoms with Gasteiger partial charge in [-0.25, -0.2) is 4.98 Å². The largest absolute Gasteiger partial charge is 0.379 e. The topological polar surface area (TPSA) is 61.0 Å². The van der Waals surface area contributed by atoms with Gasteiger partial charge in [0.15, 0.2) is 0 Å². The summed E-state index contributed by atoms with van der Waals surface area (Å²) in [5.74, 6) is 0.0691. The standard InChI is InChI=1S/C16H22N4O/c1-4-20(5-2)16(21)13-7-6-8-14(9-13)17-10-15-12(3)18-11-19-15/h6-9,11,17H,4-5,10H2,1-3H3,(H,18,19). The fourth-order valence-electron chi connectivity index (χ4n) is 2.21. The molecule has 1 heterocycles. The molecule has 0 saturated heterocycles. The van der Waals surface area contributed by atoms with E-state index < -0.39 is 0 Å². The maximum atomic E-state index is 12.3. The summed E-state index contributed by atoms with van der Waals surface area (Å²) in [6.45, 7) is 8.05. The zero-order chi connectivity index (χ0) is 15.2. The first-order valence-corrected chi connectivity index (χ1v) is 7.27. The number of H-pyrrole nitrogens is 1. The number of benzene rings is 1. The number of hydrogen-bond acceptors (Lipinski definition) is 3. The van der Waals surface area contributed by atoms with Gasteiger partial charge in [0.1, 0.15) is 0 Å². The number of carbonyl (C=O) groups excluding carboxylic acids is 1. The molecule has 0 saturated carbocycles. The van der Waals surface area contributed by atoms with Gasteiger partial charge in [-0.3, -0.25) is 4.79 Å². The first-order valence-electron chi connectivity index (χ1n) is 7.27. The van der Waals surface area contributed by atoms with Gasteiger partial charge in [-0.15, -0.1) is 0 Å². The third-order valence-electron chi connectivity index (χ3n) is 3.55. The summed E-state index contributed by atoms with van der Waals surface area (Å²) in [6.07, 6.45) is 1.69. The smallest absolute Gasteiger partial charge is 0.253 e. The highest BCUT2D eigenvalue weighted by Crippen LogP contribution is 2.14. The maximum absolute atomic E-state index is 12.3. The molecule has 0 atom stereocenters. The monoisotopic (exact) mass is 286 g/mol. The SMILES string of the molecule is CCN(CC)C(=O)c1cccc(NCc2nc[nH]c2C)c1. The molecule has 1 aromatic heterocycles. The third kappa shape index (κ3) is 3.62. The van der Waals surface area contributed by atoms with Crippen LogP contribution in [0.3, 0.4) is 0 Å². The Morgan fingerprint density at radius 2 is 2.10 bits per heavy atom. The van der Waals surface area contributed by atoms with Gasteiger partial charge in [0.05, 0.1) is 18.6 Å². The summed E-state index contributed by atoms with van der Waals surface area (Å²) < 4.78 is 0. The lowest BCUT2D eigenvalue weighted by molar-refractivity contribution is 0.0773. The second kappa shape index (κ2) is 6.92. The van der Waals surface area contributed by atoms with Crippen LogP contribution in [0.5, 0.6) is 0 Å². The highest BCUT2D eigenvalue weighted by molar-refractivity contribution is 5.95. The van der Waals surface area contributed by atoms with Crippen molar-refractivity contribution in [2.75, 3.05) is 18.4 Å². The number of imidazole rings is 1. The summed E-state index contributed by atoms with van der Waals surface area (Å²) in [4.78, 5) is 21.4. The van der Waals surface area contributed by atoms with Crippen LogP contribution in [0.4, 0.5) is 5.69 Å². The third-order valence-corrected chi connectivity index (χ3v) is 3.55. The molecule has 1 amide bonds. The molecule has 5 nitrogen and oxygen atoms in total. The van der Waals surface area contributed by atoms with Crippen molar-refractivity contribution in [1.82, 2.24) is 14.9 Å². The molecular weight excluding hydrogens is 264 g/mol. The lowest BCUT2D eigenvalue weighted by atomic mass is 10.1. The second-order valence-electron chi connectivity index (χ2n) is 4.89. The Bertz CT molecular complexity index is 602. The molecule has 2 aromatic rings. The minimum atomic E-state index is 0.0691. The van der Waals surface area contributed by atoms with Gasteiger partial charge < -0.3 is 15.2 Å². The van der Waals surface area contributed by atoms with E-state index in [1.165, 1.54) is 0 Å². The van der Waals surface area contributed by atoms with E-state index in [9.17, 15) is 4.79 Å². The van der Waals surface area contributed by atoms with Crippen molar-refractivity contribution >= 4 is 11.6 Å². The average Bonchev–Trinajstić information content (AvgIpc) is 2.92. The van der Waals surface area contributed by atoms with Gasteiger partial charge >= 0.3 is 0 Å². The number of aromatic amines is 1. The zero-order valence-corrected chi connectivity index (χ0v) is 12.8. The Balaban J connectivity index is 2.07. The van der Waals surface area contributed by atoms with Crippen LogP contribution in [-0.4, -0.2) is 33.9 Å². The minimum Gasteiger partial charge on any atom is -0.379 e.